The van der Waals surface area contributed by atoms with Crippen molar-refractivity contribution in [3.63, 3.8) is 0 Å². The van der Waals surface area contributed by atoms with Crippen molar-refractivity contribution in [2.75, 3.05) is 22.7 Å². The van der Waals surface area contributed by atoms with Crippen LogP contribution in [0.25, 0.3) is 0 Å². The zero-order chi connectivity index (χ0) is 17.9. The number of benzene rings is 2. The van der Waals surface area contributed by atoms with E-state index >= 15 is 0 Å². The summed E-state index contributed by atoms with van der Waals surface area (Å²) in [5, 5.41) is 0. The Morgan fingerprint density at radius 3 is 2.21 bits per heavy atom. The fraction of sp³-hybridized carbons (Fsp3) is 0.333. The van der Waals surface area contributed by atoms with Gasteiger partial charge in [0.2, 0.25) is 0 Å². The van der Waals surface area contributed by atoms with Crippen LogP contribution in [0.5, 0.6) is 0 Å². The molecule has 24 heavy (non-hydrogen) atoms. The van der Waals surface area contributed by atoms with Crippen molar-refractivity contribution < 1.29 is 12.8 Å². The van der Waals surface area contributed by atoms with E-state index in [0.717, 1.165) is 24.3 Å². The lowest BCUT2D eigenvalue weighted by Crippen LogP contribution is -2.22. The van der Waals surface area contributed by atoms with Crippen LogP contribution >= 0.6 is 0 Å². The van der Waals surface area contributed by atoms with Crippen LogP contribution in [0.3, 0.4) is 0 Å². The first kappa shape index (κ1) is 18.3. The van der Waals surface area contributed by atoms with E-state index in [1.807, 2.05) is 19.1 Å². The van der Waals surface area contributed by atoms with E-state index < -0.39 is 15.8 Å². The molecule has 0 bridgehead atoms. The molecule has 0 radical (unpaired) electrons. The Bertz CT molecular complexity index is 831. The number of nitrogens with zero attached hydrogens (tertiary/aromatic N) is 1. The number of anilines is 2. The SMILES string of the molecule is CCN(CC)c1ccc(NS(=O)(=O)c2ccc(F)c(C)c2)c(C)c1. The minimum absolute atomic E-state index is 0.0496. The van der Waals surface area contributed by atoms with Crippen molar-refractivity contribution in [2.45, 2.75) is 32.6 Å². The van der Waals surface area contributed by atoms with E-state index in [0.29, 0.717) is 11.3 Å². The van der Waals surface area contributed by atoms with Crippen molar-refractivity contribution in [2.24, 2.45) is 0 Å². The van der Waals surface area contributed by atoms with Crippen LogP contribution in [0.2, 0.25) is 0 Å². The van der Waals surface area contributed by atoms with Gasteiger partial charge in [-0.15, -0.1) is 0 Å². The van der Waals surface area contributed by atoms with Gasteiger partial charge in [-0.1, -0.05) is 0 Å². The fourth-order valence-corrected chi connectivity index (χ4v) is 3.75. The molecule has 2 aromatic carbocycles. The summed E-state index contributed by atoms with van der Waals surface area (Å²) >= 11 is 0. The molecule has 0 saturated heterocycles. The van der Waals surface area contributed by atoms with Gasteiger partial charge in [0.25, 0.3) is 10.0 Å². The van der Waals surface area contributed by atoms with Gasteiger partial charge in [-0.3, -0.25) is 4.72 Å². The van der Waals surface area contributed by atoms with Crippen LogP contribution < -0.4 is 9.62 Å². The molecule has 0 aromatic heterocycles. The highest BCUT2D eigenvalue weighted by atomic mass is 32.2. The highest BCUT2D eigenvalue weighted by Crippen LogP contribution is 2.25. The van der Waals surface area contributed by atoms with E-state index in [2.05, 4.69) is 23.5 Å². The number of hydrogen-bond donors (Lipinski definition) is 1. The van der Waals surface area contributed by atoms with E-state index in [1.54, 1.807) is 13.0 Å². The van der Waals surface area contributed by atoms with Crippen molar-refractivity contribution in [3.8, 4) is 0 Å². The number of sulfonamides is 1. The molecule has 4 nitrogen and oxygen atoms in total. The molecule has 0 atom stereocenters. The van der Waals surface area contributed by atoms with Gasteiger partial charge in [0.15, 0.2) is 0 Å². The highest BCUT2D eigenvalue weighted by molar-refractivity contribution is 7.92. The summed E-state index contributed by atoms with van der Waals surface area (Å²) in [5.41, 5.74) is 2.71. The molecular formula is C18H23FN2O2S. The smallest absolute Gasteiger partial charge is 0.261 e. The first-order valence-electron chi connectivity index (χ1n) is 7.93. The standard InChI is InChI=1S/C18H23FN2O2S/c1-5-21(6-2)15-7-10-18(14(4)11-15)20-24(22,23)16-8-9-17(19)13(3)12-16/h7-12,20H,5-6H2,1-4H3. The Kier molecular flexibility index (Phi) is 5.49. The first-order chi connectivity index (χ1) is 11.3. The lowest BCUT2D eigenvalue weighted by Gasteiger charge is -2.22. The second kappa shape index (κ2) is 7.21. The molecule has 0 heterocycles. The Labute approximate surface area is 143 Å². The third-order valence-corrected chi connectivity index (χ3v) is 5.39. The van der Waals surface area contributed by atoms with Crippen molar-refractivity contribution in [1.82, 2.24) is 0 Å². The number of aryl methyl sites for hydroxylation is 2. The van der Waals surface area contributed by atoms with Gasteiger partial charge < -0.3 is 4.90 Å². The van der Waals surface area contributed by atoms with Crippen molar-refractivity contribution >= 4 is 21.4 Å². The summed E-state index contributed by atoms with van der Waals surface area (Å²) in [4.78, 5) is 2.24. The zero-order valence-corrected chi connectivity index (χ0v) is 15.2. The number of halogens is 1. The second-order valence-electron chi connectivity index (χ2n) is 5.69. The summed E-state index contributed by atoms with van der Waals surface area (Å²) in [5.74, 6) is -0.422. The molecule has 6 heteroatoms. The molecule has 0 amide bonds. The molecule has 0 aliphatic carbocycles. The molecule has 0 saturated carbocycles. The molecule has 0 unspecified atom stereocenters. The first-order valence-corrected chi connectivity index (χ1v) is 9.41. The monoisotopic (exact) mass is 350 g/mol. The van der Waals surface area contributed by atoms with Gasteiger partial charge in [0.1, 0.15) is 5.82 Å². The van der Waals surface area contributed by atoms with Crippen LogP contribution in [0.1, 0.15) is 25.0 Å². The largest absolute Gasteiger partial charge is 0.372 e. The predicted octanol–water partition coefficient (Wildman–Crippen LogP) is 4.09. The average molecular weight is 350 g/mol. The Hall–Kier alpha value is -2.08. The lowest BCUT2D eigenvalue weighted by molar-refractivity contribution is 0.598. The van der Waals surface area contributed by atoms with E-state index in [4.69, 9.17) is 0 Å². The molecule has 130 valence electrons. The minimum atomic E-state index is -3.75. The maximum absolute atomic E-state index is 13.3. The predicted molar refractivity (Wildman–Crippen MR) is 96.7 cm³/mol. The third kappa shape index (κ3) is 3.87. The van der Waals surface area contributed by atoms with Gasteiger partial charge >= 0.3 is 0 Å². The second-order valence-corrected chi connectivity index (χ2v) is 7.37. The highest BCUT2D eigenvalue weighted by Gasteiger charge is 2.17. The topological polar surface area (TPSA) is 49.4 Å². The van der Waals surface area contributed by atoms with Gasteiger partial charge in [-0.25, -0.2) is 12.8 Å². The van der Waals surface area contributed by atoms with Crippen LogP contribution in [0.15, 0.2) is 41.3 Å². The van der Waals surface area contributed by atoms with E-state index in [9.17, 15) is 12.8 Å². The van der Waals surface area contributed by atoms with Crippen LogP contribution in [0.4, 0.5) is 15.8 Å². The van der Waals surface area contributed by atoms with E-state index in [1.165, 1.54) is 18.2 Å². The summed E-state index contributed by atoms with van der Waals surface area (Å²) in [7, 11) is -3.75. The zero-order valence-electron chi connectivity index (χ0n) is 14.4. The van der Waals surface area contributed by atoms with Gasteiger partial charge in [-0.2, -0.15) is 0 Å². The molecule has 0 aliphatic heterocycles. The van der Waals surface area contributed by atoms with Gasteiger partial charge in [0.05, 0.1) is 10.6 Å². The average Bonchev–Trinajstić information content (AvgIpc) is 2.53. The molecule has 2 aromatic rings. The Morgan fingerprint density at radius 1 is 1.00 bits per heavy atom. The van der Waals surface area contributed by atoms with E-state index in [-0.39, 0.29) is 4.90 Å². The molecular weight excluding hydrogens is 327 g/mol. The Morgan fingerprint density at radius 2 is 1.67 bits per heavy atom. The van der Waals surface area contributed by atoms with Crippen molar-refractivity contribution in [1.29, 1.82) is 0 Å². The minimum Gasteiger partial charge on any atom is -0.372 e. The summed E-state index contributed by atoms with van der Waals surface area (Å²) in [6.07, 6.45) is 0. The summed E-state index contributed by atoms with van der Waals surface area (Å²) in [6, 6.07) is 9.38. The summed E-state index contributed by atoms with van der Waals surface area (Å²) < 4.78 is 40.9. The Balaban J connectivity index is 2.31. The molecule has 0 spiro atoms. The fourth-order valence-electron chi connectivity index (χ4n) is 2.54. The number of hydrogen-bond acceptors (Lipinski definition) is 3. The van der Waals surface area contributed by atoms with Crippen LogP contribution in [-0.2, 0) is 10.0 Å². The number of nitrogens with one attached hydrogen (secondary N) is 1. The van der Waals surface area contributed by atoms with Gasteiger partial charge in [-0.05, 0) is 75.2 Å². The quantitative estimate of drug-likeness (QED) is 0.854. The third-order valence-electron chi connectivity index (χ3n) is 4.02. The number of rotatable bonds is 6. The lowest BCUT2D eigenvalue weighted by atomic mass is 10.1. The maximum atomic E-state index is 13.3. The van der Waals surface area contributed by atoms with Crippen LogP contribution in [-0.4, -0.2) is 21.5 Å². The summed E-state index contributed by atoms with van der Waals surface area (Å²) in [6.45, 7) is 9.32. The molecule has 0 fully saturated rings. The van der Waals surface area contributed by atoms with Crippen molar-refractivity contribution in [3.05, 3.63) is 53.3 Å². The van der Waals surface area contributed by atoms with Crippen LogP contribution in [0, 0.1) is 19.7 Å². The normalized spacial score (nSPS) is 11.4. The van der Waals surface area contributed by atoms with Gasteiger partial charge in [0, 0.05) is 18.8 Å². The maximum Gasteiger partial charge on any atom is 0.261 e. The molecule has 1 N–H and O–H groups in total. The molecule has 0 aliphatic rings. The molecule has 2 rings (SSSR count).